The summed E-state index contributed by atoms with van der Waals surface area (Å²) >= 11 is 1.37. The topological polar surface area (TPSA) is 103 Å². The quantitative estimate of drug-likeness (QED) is 0.530. The third-order valence-electron chi connectivity index (χ3n) is 6.39. The van der Waals surface area contributed by atoms with E-state index in [4.69, 9.17) is 14.2 Å². The third kappa shape index (κ3) is 6.22. The van der Waals surface area contributed by atoms with Crippen LogP contribution in [0, 0.1) is 18.8 Å². The molecule has 2 amide bonds. The molecule has 1 aliphatic heterocycles. The van der Waals surface area contributed by atoms with Gasteiger partial charge in [0.05, 0.1) is 24.6 Å². The smallest absolute Gasteiger partial charge is 0.308 e. The van der Waals surface area contributed by atoms with Gasteiger partial charge in [0, 0.05) is 17.2 Å². The van der Waals surface area contributed by atoms with Gasteiger partial charge in [0.25, 0.3) is 5.91 Å². The van der Waals surface area contributed by atoms with Crippen LogP contribution in [0.25, 0.3) is 0 Å². The van der Waals surface area contributed by atoms with Crippen LogP contribution in [0.3, 0.4) is 0 Å². The molecule has 0 spiro atoms. The van der Waals surface area contributed by atoms with Crippen molar-refractivity contribution in [2.45, 2.75) is 45.1 Å². The lowest BCUT2D eigenvalue weighted by Crippen LogP contribution is -2.38. The highest BCUT2D eigenvalue weighted by molar-refractivity contribution is 7.16. The SMILES string of the molecule is COC(=O)C1CCC(C(=O)Nc2sc(C)cc2C(=O)NC(Cc2ccccc2)C2=COCO2)CC1. The van der Waals surface area contributed by atoms with Gasteiger partial charge < -0.3 is 24.8 Å². The van der Waals surface area contributed by atoms with Gasteiger partial charge in [0.1, 0.15) is 11.3 Å². The molecule has 2 N–H and O–H groups in total. The highest BCUT2D eigenvalue weighted by atomic mass is 32.1. The number of aryl methyl sites for hydroxylation is 1. The maximum absolute atomic E-state index is 13.3. The predicted octanol–water partition coefficient (Wildman–Crippen LogP) is 4.16. The van der Waals surface area contributed by atoms with Gasteiger partial charge in [-0.05, 0) is 44.2 Å². The number of nitrogens with one attached hydrogen (secondary N) is 2. The summed E-state index contributed by atoms with van der Waals surface area (Å²) in [6, 6.07) is 11.2. The van der Waals surface area contributed by atoms with Gasteiger partial charge in [-0.15, -0.1) is 11.3 Å². The standard InChI is InChI=1S/C26H30N2O6S/c1-16-12-20(25(35-16)28-23(29)18-8-10-19(11-9-18)26(31)32-2)24(30)27-21(22-14-33-15-34-22)13-17-6-4-3-5-7-17/h3-7,12,14,18-19,21H,8-11,13,15H2,1-2H3,(H,27,30)(H,28,29). The number of amides is 2. The number of anilines is 1. The van der Waals surface area contributed by atoms with Gasteiger partial charge in [-0.3, -0.25) is 14.4 Å². The Morgan fingerprint density at radius 2 is 1.83 bits per heavy atom. The van der Waals surface area contributed by atoms with E-state index in [-0.39, 0.29) is 36.4 Å². The van der Waals surface area contributed by atoms with Crippen molar-refractivity contribution in [1.82, 2.24) is 5.32 Å². The zero-order valence-electron chi connectivity index (χ0n) is 19.9. The summed E-state index contributed by atoms with van der Waals surface area (Å²) in [5.41, 5.74) is 1.47. The van der Waals surface area contributed by atoms with Crippen LogP contribution in [0.1, 0.15) is 46.5 Å². The van der Waals surface area contributed by atoms with Crippen LogP contribution >= 0.6 is 11.3 Å². The van der Waals surface area contributed by atoms with Crippen LogP contribution < -0.4 is 10.6 Å². The van der Waals surface area contributed by atoms with Crippen molar-refractivity contribution in [1.29, 1.82) is 0 Å². The Morgan fingerprint density at radius 1 is 1.11 bits per heavy atom. The van der Waals surface area contributed by atoms with E-state index in [1.165, 1.54) is 24.7 Å². The predicted molar refractivity (Wildman–Crippen MR) is 132 cm³/mol. The van der Waals surface area contributed by atoms with Crippen molar-refractivity contribution >= 4 is 34.1 Å². The normalized spacial score (nSPS) is 20.1. The molecular weight excluding hydrogens is 468 g/mol. The van der Waals surface area contributed by atoms with E-state index in [1.54, 1.807) is 6.07 Å². The molecule has 0 bridgehead atoms. The molecule has 4 rings (SSSR count). The number of carbonyl (C=O) groups excluding carboxylic acids is 3. The number of rotatable bonds is 8. The molecule has 1 saturated carbocycles. The summed E-state index contributed by atoms with van der Waals surface area (Å²) in [6.45, 7) is 2.02. The van der Waals surface area contributed by atoms with Crippen LogP contribution in [-0.2, 0) is 30.2 Å². The molecule has 8 nitrogen and oxygen atoms in total. The van der Waals surface area contributed by atoms with Gasteiger partial charge in [-0.1, -0.05) is 30.3 Å². The number of esters is 1. The molecule has 9 heteroatoms. The molecule has 1 aliphatic carbocycles. The summed E-state index contributed by atoms with van der Waals surface area (Å²) < 4.78 is 15.6. The first-order valence-corrected chi connectivity index (χ1v) is 12.5. The van der Waals surface area contributed by atoms with Gasteiger partial charge in [-0.2, -0.15) is 0 Å². The second-order valence-electron chi connectivity index (χ2n) is 8.83. The van der Waals surface area contributed by atoms with Crippen LogP contribution in [0.5, 0.6) is 0 Å². The Balaban J connectivity index is 1.43. The number of ether oxygens (including phenoxy) is 3. The summed E-state index contributed by atoms with van der Waals surface area (Å²) in [4.78, 5) is 39.0. The van der Waals surface area contributed by atoms with Crippen molar-refractivity contribution in [3.05, 3.63) is 64.4 Å². The van der Waals surface area contributed by atoms with E-state index in [0.29, 0.717) is 48.4 Å². The van der Waals surface area contributed by atoms with Gasteiger partial charge in [0.15, 0.2) is 5.76 Å². The van der Waals surface area contributed by atoms with Crippen molar-refractivity contribution in [2.75, 3.05) is 19.2 Å². The maximum Gasteiger partial charge on any atom is 0.308 e. The minimum absolute atomic E-state index is 0.119. The number of hydrogen-bond donors (Lipinski definition) is 2. The fraction of sp³-hybridized carbons (Fsp3) is 0.423. The zero-order chi connectivity index (χ0) is 24.8. The number of carbonyl (C=O) groups is 3. The van der Waals surface area contributed by atoms with Crippen molar-refractivity contribution in [3.63, 3.8) is 0 Å². The minimum Gasteiger partial charge on any atom is -0.469 e. The van der Waals surface area contributed by atoms with Crippen LogP contribution in [0.15, 0.2) is 48.4 Å². The van der Waals surface area contributed by atoms with E-state index >= 15 is 0 Å². The van der Waals surface area contributed by atoms with E-state index in [2.05, 4.69) is 10.6 Å². The first kappa shape index (κ1) is 24.8. The average molecular weight is 499 g/mol. The Morgan fingerprint density at radius 3 is 2.49 bits per heavy atom. The molecule has 0 radical (unpaired) electrons. The first-order valence-electron chi connectivity index (χ1n) is 11.7. The summed E-state index contributed by atoms with van der Waals surface area (Å²) in [5, 5.41) is 6.54. The number of hydrogen-bond acceptors (Lipinski definition) is 7. The minimum atomic E-state index is -0.412. The fourth-order valence-corrected chi connectivity index (χ4v) is 5.40. The third-order valence-corrected chi connectivity index (χ3v) is 7.36. The average Bonchev–Trinajstić information content (AvgIpc) is 3.54. The molecule has 2 aromatic rings. The Hall–Kier alpha value is -3.33. The van der Waals surface area contributed by atoms with E-state index in [9.17, 15) is 14.4 Å². The van der Waals surface area contributed by atoms with Gasteiger partial charge >= 0.3 is 5.97 Å². The summed E-state index contributed by atoms with van der Waals surface area (Å²) in [7, 11) is 1.39. The Bertz CT molecular complexity index is 1090. The molecule has 2 aliphatic rings. The van der Waals surface area contributed by atoms with Gasteiger partial charge in [0.2, 0.25) is 12.7 Å². The largest absolute Gasteiger partial charge is 0.469 e. The zero-order valence-corrected chi connectivity index (χ0v) is 20.7. The van der Waals surface area contributed by atoms with Crippen molar-refractivity contribution in [2.24, 2.45) is 11.8 Å². The molecule has 1 aromatic carbocycles. The Kier molecular flexibility index (Phi) is 8.07. The number of methoxy groups -OCH3 is 1. The first-order chi connectivity index (χ1) is 16.9. The van der Waals surface area contributed by atoms with Crippen molar-refractivity contribution < 1.29 is 28.6 Å². The fourth-order valence-electron chi connectivity index (χ4n) is 4.49. The molecule has 35 heavy (non-hydrogen) atoms. The maximum atomic E-state index is 13.3. The van der Waals surface area contributed by atoms with E-state index in [1.807, 2.05) is 37.3 Å². The molecule has 1 unspecified atom stereocenters. The lowest BCUT2D eigenvalue weighted by molar-refractivity contribution is -0.147. The molecule has 1 fully saturated rings. The molecule has 186 valence electrons. The molecular formula is C26H30N2O6S. The molecule has 1 atom stereocenters. The van der Waals surface area contributed by atoms with Crippen LogP contribution in [0.4, 0.5) is 5.00 Å². The second-order valence-corrected chi connectivity index (χ2v) is 10.1. The summed E-state index contributed by atoms with van der Waals surface area (Å²) in [6.07, 6.45) is 4.54. The van der Waals surface area contributed by atoms with Crippen LogP contribution in [0.2, 0.25) is 0 Å². The summed E-state index contributed by atoms with van der Waals surface area (Å²) in [5.74, 6) is -0.423. The Labute approximate surface area is 208 Å². The lowest BCUT2D eigenvalue weighted by atomic mass is 9.81. The molecule has 2 heterocycles. The molecule has 0 saturated heterocycles. The highest BCUT2D eigenvalue weighted by Gasteiger charge is 2.31. The van der Waals surface area contributed by atoms with Crippen molar-refractivity contribution in [3.8, 4) is 0 Å². The monoisotopic (exact) mass is 498 g/mol. The highest BCUT2D eigenvalue weighted by Crippen LogP contribution is 2.33. The van der Waals surface area contributed by atoms with E-state index < -0.39 is 6.04 Å². The number of thiophene rings is 1. The number of benzene rings is 1. The lowest BCUT2D eigenvalue weighted by Gasteiger charge is -2.26. The molecule has 1 aromatic heterocycles. The van der Waals surface area contributed by atoms with Gasteiger partial charge in [-0.25, -0.2) is 0 Å². The second kappa shape index (κ2) is 11.4. The van der Waals surface area contributed by atoms with E-state index in [0.717, 1.165) is 10.4 Å². The van der Waals surface area contributed by atoms with Crippen LogP contribution in [-0.4, -0.2) is 37.7 Å².